The lowest BCUT2D eigenvalue weighted by atomic mass is 10.1. The van der Waals surface area contributed by atoms with Gasteiger partial charge in [-0.15, -0.1) is 0 Å². The summed E-state index contributed by atoms with van der Waals surface area (Å²) in [7, 11) is 1.63. The zero-order valence-corrected chi connectivity index (χ0v) is 18.3. The Balaban J connectivity index is 1.48. The molecular formula is C26H24N4O3. The van der Waals surface area contributed by atoms with Crippen LogP contribution in [0.5, 0.6) is 17.2 Å². The van der Waals surface area contributed by atoms with Gasteiger partial charge in [-0.1, -0.05) is 12.6 Å². The number of benzene rings is 2. The van der Waals surface area contributed by atoms with Crippen molar-refractivity contribution < 1.29 is 14.3 Å². The molecule has 2 aromatic carbocycles. The second kappa shape index (κ2) is 8.78. The summed E-state index contributed by atoms with van der Waals surface area (Å²) in [6.07, 6.45) is 8.63. The van der Waals surface area contributed by atoms with Crippen LogP contribution in [0, 0.1) is 0 Å². The molecule has 0 radical (unpaired) electrons. The Kier molecular flexibility index (Phi) is 5.52. The van der Waals surface area contributed by atoms with Crippen molar-refractivity contribution in [2.24, 2.45) is 0 Å². The molecule has 1 aliphatic rings. The zero-order chi connectivity index (χ0) is 22.8. The third-order valence-electron chi connectivity index (χ3n) is 5.89. The summed E-state index contributed by atoms with van der Waals surface area (Å²) >= 11 is 0. The maximum atomic E-state index is 12.4. The van der Waals surface area contributed by atoms with Crippen molar-refractivity contribution in [1.82, 2.24) is 19.3 Å². The molecule has 33 heavy (non-hydrogen) atoms. The lowest BCUT2D eigenvalue weighted by Crippen LogP contribution is -2.29. The van der Waals surface area contributed by atoms with Crippen LogP contribution in [0.1, 0.15) is 24.7 Å². The number of rotatable bonds is 6. The molecule has 166 valence electrons. The number of amides is 1. The van der Waals surface area contributed by atoms with Crippen LogP contribution in [0.2, 0.25) is 0 Å². The van der Waals surface area contributed by atoms with Crippen molar-refractivity contribution in [2.75, 3.05) is 13.7 Å². The summed E-state index contributed by atoms with van der Waals surface area (Å²) in [5.74, 6) is 2.93. The van der Waals surface area contributed by atoms with Gasteiger partial charge in [0, 0.05) is 30.6 Å². The van der Waals surface area contributed by atoms with E-state index in [4.69, 9.17) is 14.5 Å². The summed E-state index contributed by atoms with van der Waals surface area (Å²) in [5, 5.41) is 0. The van der Waals surface area contributed by atoms with Gasteiger partial charge < -0.3 is 14.4 Å². The number of nitrogens with zero attached hydrogens (tertiary/aromatic N) is 4. The molecule has 2 aromatic heterocycles. The molecule has 1 atom stereocenters. The highest BCUT2D eigenvalue weighted by molar-refractivity contribution is 5.87. The summed E-state index contributed by atoms with van der Waals surface area (Å²) < 4.78 is 13.3. The number of methoxy groups -OCH3 is 1. The molecule has 1 saturated heterocycles. The number of carbonyl (C=O) groups is 1. The number of ether oxygens (including phenoxy) is 2. The van der Waals surface area contributed by atoms with Gasteiger partial charge in [-0.3, -0.25) is 14.2 Å². The maximum absolute atomic E-state index is 12.4. The van der Waals surface area contributed by atoms with Crippen molar-refractivity contribution in [3.8, 4) is 28.5 Å². The van der Waals surface area contributed by atoms with E-state index in [2.05, 4.69) is 11.6 Å². The number of hydrogen-bond donors (Lipinski definition) is 0. The molecule has 1 aliphatic heterocycles. The second-order valence-electron chi connectivity index (χ2n) is 7.85. The molecule has 5 rings (SSSR count). The van der Waals surface area contributed by atoms with Gasteiger partial charge in [0.05, 0.1) is 30.6 Å². The Morgan fingerprint density at radius 2 is 1.97 bits per heavy atom. The van der Waals surface area contributed by atoms with Gasteiger partial charge >= 0.3 is 0 Å². The molecule has 1 unspecified atom stereocenters. The molecule has 4 aromatic rings. The first-order valence-electron chi connectivity index (χ1n) is 10.9. The van der Waals surface area contributed by atoms with E-state index in [-0.39, 0.29) is 11.9 Å². The van der Waals surface area contributed by atoms with Crippen LogP contribution in [0.25, 0.3) is 16.8 Å². The third-order valence-corrected chi connectivity index (χ3v) is 5.89. The topological polar surface area (TPSA) is 69.0 Å². The van der Waals surface area contributed by atoms with E-state index < -0.39 is 0 Å². The Labute approximate surface area is 191 Å². The van der Waals surface area contributed by atoms with E-state index >= 15 is 0 Å². The second-order valence-corrected chi connectivity index (χ2v) is 7.85. The Morgan fingerprint density at radius 3 is 2.76 bits per heavy atom. The molecule has 0 saturated carbocycles. The van der Waals surface area contributed by atoms with E-state index in [1.165, 1.54) is 6.08 Å². The quantitative estimate of drug-likeness (QED) is 0.393. The predicted molar refractivity (Wildman–Crippen MR) is 125 cm³/mol. The molecule has 0 N–H and O–H groups in total. The zero-order valence-electron chi connectivity index (χ0n) is 18.3. The van der Waals surface area contributed by atoms with Gasteiger partial charge in [0.25, 0.3) is 0 Å². The smallest absolute Gasteiger partial charge is 0.246 e. The number of imidazole rings is 1. The molecule has 7 nitrogen and oxygen atoms in total. The van der Waals surface area contributed by atoms with Gasteiger partial charge in [-0.25, -0.2) is 4.98 Å². The lowest BCUT2D eigenvalue weighted by molar-refractivity contribution is -0.127. The highest BCUT2D eigenvalue weighted by Crippen LogP contribution is 2.35. The average Bonchev–Trinajstić information content (AvgIpc) is 3.49. The molecule has 7 heteroatoms. The van der Waals surface area contributed by atoms with E-state index in [0.717, 1.165) is 41.2 Å². The minimum Gasteiger partial charge on any atom is -0.497 e. The fourth-order valence-electron chi connectivity index (χ4n) is 4.31. The lowest BCUT2D eigenvalue weighted by Gasteiger charge is -2.22. The van der Waals surface area contributed by atoms with Crippen molar-refractivity contribution in [2.45, 2.75) is 18.9 Å². The van der Waals surface area contributed by atoms with Crippen LogP contribution in [0.15, 0.2) is 79.8 Å². The van der Waals surface area contributed by atoms with Gasteiger partial charge in [-0.2, -0.15) is 0 Å². The summed E-state index contributed by atoms with van der Waals surface area (Å²) in [6, 6.07) is 15.2. The highest BCUT2D eigenvalue weighted by atomic mass is 16.5. The molecule has 0 bridgehead atoms. The van der Waals surface area contributed by atoms with Crippen molar-refractivity contribution >= 4 is 11.4 Å². The minimum atomic E-state index is -0.0881. The Bertz CT molecular complexity index is 1310. The van der Waals surface area contributed by atoms with Gasteiger partial charge in [0.15, 0.2) is 0 Å². The monoisotopic (exact) mass is 440 g/mol. The first-order valence-corrected chi connectivity index (χ1v) is 10.9. The summed E-state index contributed by atoms with van der Waals surface area (Å²) in [6.45, 7) is 4.36. The van der Waals surface area contributed by atoms with Crippen LogP contribution in [0.4, 0.5) is 0 Å². The van der Waals surface area contributed by atoms with Crippen molar-refractivity contribution in [1.29, 1.82) is 0 Å². The van der Waals surface area contributed by atoms with Crippen LogP contribution in [-0.2, 0) is 4.79 Å². The van der Waals surface area contributed by atoms with Crippen LogP contribution >= 0.6 is 0 Å². The average molecular weight is 441 g/mol. The minimum absolute atomic E-state index is 0.0658. The molecule has 1 fully saturated rings. The standard InChI is InChI=1S/C26H24N4O3/c1-3-24(31)29-14-5-8-22(29)26-28-25(23-17-27-13-15-30(23)26)18-9-11-19(12-10-18)33-21-7-4-6-20(16-21)32-2/h3-4,6-7,9-13,15-17,22H,1,5,8,14H2,2H3. The molecule has 0 aliphatic carbocycles. The van der Waals surface area contributed by atoms with E-state index in [9.17, 15) is 4.79 Å². The number of aromatic nitrogens is 3. The van der Waals surface area contributed by atoms with Crippen LogP contribution in [-0.4, -0.2) is 38.8 Å². The highest BCUT2D eigenvalue weighted by Gasteiger charge is 2.32. The van der Waals surface area contributed by atoms with E-state index in [0.29, 0.717) is 18.0 Å². The van der Waals surface area contributed by atoms with Crippen LogP contribution < -0.4 is 9.47 Å². The maximum Gasteiger partial charge on any atom is 0.246 e. The first kappa shape index (κ1) is 20.8. The largest absolute Gasteiger partial charge is 0.497 e. The molecule has 0 spiro atoms. The molecule has 1 amide bonds. The first-order chi connectivity index (χ1) is 16.2. The fourth-order valence-corrected chi connectivity index (χ4v) is 4.31. The van der Waals surface area contributed by atoms with Crippen LogP contribution in [0.3, 0.4) is 0 Å². The van der Waals surface area contributed by atoms with E-state index in [1.807, 2.05) is 64.0 Å². The fraction of sp³-hybridized carbons (Fsp3) is 0.192. The van der Waals surface area contributed by atoms with Gasteiger partial charge in [0.1, 0.15) is 23.1 Å². The molecular weight excluding hydrogens is 416 g/mol. The van der Waals surface area contributed by atoms with E-state index in [1.54, 1.807) is 19.5 Å². The number of likely N-dealkylation sites (tertiary alicyclic amines) is 1. The predicted octanol–water partition coefficient (Wildman–Crippen LogP) is 5.05. The number of carbonyl (C=O) groups excluding carboxylic acids is 1. The van der Waals surface area contributed by atoms with Crippen molar-refractivity contribution in [3.05, 3.63) is 85.6 Å². The summed E-state index contributed by atoms with van der Waals surface area (Å²) in [4.78, 5) is 23.5. The normalized spacial score (nSPS) is 15.5. The summed E-state index contributed by atoms with van der Waals surface area (Å²) in [5.41, 5.74) is 2.67. The van der Waals surface area contributed by atoms with Gasteiger partial charge in [0.2, 0.25) is 5.91 Å². The SMILES string of the molecule is C=CC(=O)N1CCCC1c1nc(-c2ccc(Oc3cccc(OC)c3)cc2)c2cnccn12. The Morgan fingerprint density at radius 1 is 1.15 bits per heavy atom. The molecule has 3 heterocycles. The van der Waals surface area contributed by atoms with Gasteiger partial charge in [-0.05, 0) is 55.3 Å². The third kappa shape index (κ3) is 3.93. The number of fused-ring (bicyclic) bond motifs is 1. The Hall–Kier alpha value is -4.13. The number of hydrogen-bond acceptors (Lipinski definition) is 5. The van der Waals surface area contributed by atoms with Crippen molar-refractivity contribution in [3.63, 3.8) is 0 Å².